The highest BCUT2D eigenvalue weighted by Gasteiger charge is 2.38. The van der Waals surface area contributed by atoms with Crippen LogP contribution in [0.15, 0.2) is 42.6 Å². The van der Waals surface area contributed by atoms with Crippen LogP contribution in [-0.4, -0.2) is 17.6 Å². The van der Waals surface area contributed by atoms with Gasteiger partial charge < -0.3 is 9.47 Å². The maximum Gasteiger partial charge on any atom is 0.314 e. The summed E-state index contributed by atoms with van der Waals surface area (Å²) in [6.07, 6.45) is 24.9. The Morgan fingerprint density at radius 3 is 1.91 bits per heavy atom. The molecule has 1 fully saturated rings. The van der Waals surface area contributed by atoms with E-state index < -0.39 is 0 Å². The second-order valence-electron chi connectivity index (χ2n) is 12.7. The van der Waals surface area contributed by atoms with Gasteiger partial charge in [0.25, 0.3) is 0 Å². The first kappa shape index (κ1) is 34.6. The van der Waals surface area contributed by atoms with E-state index in [-0.39, 0.29) is 17.3 Å². The SMILES string of the molecule is CCCCCCCCCCOc1ccc(-c2ccc(OC(=O)C3CCC(C#N)(CCCCCCCCC)CC3)cc2)nc1. The van der Waals surface area contributed by atoms with Gasteiger partial charge in [-0.3, -0.25) is 9.78 Å². The molecule has 236 valence electrons. The Balaban J connectivity index is 1.35. The smallest absolute Gasteiger partial charge is 0.314 e. The molecule has 1 aromatic carbocycles. The minimum absolute atomic E-state index is 0.129. The van der Waals surface area contributed by atoms with E-state index in [4.69, 9.17) is 9.47 Å². The number of hydrogen-bond acceptors (Lipinski definition) is 5. The number of aromatic nitrogens is 1. The van der Waals surface area contributed by atoms with Crippen LogP contribution in [0.4, 0.5) is 0 Å². The van der Waals surface area contributed by atoms with Gasteiger partial charge >= 0.3 is 5.97 Å². The van der Waals surface area contributed by atoms with Crippen LogP contribution in [0.3, 0.4) is 0 Å². The Labute approximate surface area is 261 Å². The monoisotopic (exact) mass is 588 g/mol. The van der Waals surface area contributed by atoms with Crippen LogP contribution < -0.4 is 9.47 Å². The van der Waals surface area contributed by atoms with Crippen molar-refractivity contribution in [1.29, 1.82) is 5.26 Å². The third-order valence-electron chi connectivity index (χ3n) is 9.14. The molecule has 5 heteroatoms. The normalized spacial score (nSPS) is 18.2. The number of unbranched alkanes of at least 4 members (excludes halogenated alkanes) is 13. The van der Waals surface area contributed by atoms with Crippen molar-refractivity contribution in [2.45, 2.75) is 142 Å². The fourth-order valence-electron chi connectivity index (χ4n) is 6.20. The van der Waals surface area contributed by atoms with Crippen LogP contribution in [0.25, 0.3) is 11.3 Å². The van der Waals surface area contributed by atoms with Gasteiger partial charge in [-0.2, -0.15) is 5.26 Å². The van der Waals surface area contributed by atoms with Crippen molar-refractivity contribution in [3.63, 3.8) is 0 Å². The number of esters is 1. The molecule has 2 aromatic rings. The van der Waals surface area contributed by atoms with Crippen molar-refractivity contribution in [3.05, 3.63) is 42.6 Å². The number of nitrogens with zero attached hydrogens (tertiary/aromatic N) is 2. The Hall–Kier alpha value is -2.87. The quantitative estimate of drug-likeness (QED) is 0.0824. The molecule has 0 bridgehead atoms. The number of benzene rings is 1. The van der Waals surface area contributed by atoms with Gasteiger partial charge in [-0.05, 0) is 74.9 Å². The molecule has 1 heterocycles. The van der Waals surface area contributed by atoms with E-state index in [0.29, 0.717) is 5.75 Å². The third-order valence-corrected chi connectivity index (χ3v) is 9.14. The summed E-state index contributed by atoms with van der Waals surface area (Å²) in [6.45, 7) is 5.23. The number of hydrogen-bond donors (Lipinski definition) is 0. The van der Waals surface area contributed by atoms with Crippen LogP contribution in [0.2, 0.25) is 0 Å². The number of ether oxygens (including phenoxy) is 2. The van der Waals surface area contributed by atoms with E-state index in [1.807, 2.05) is 36.4 Å². The maximum absolute atomic E-state index is 12.9. The molecule has 0 atom stereocenters. The lowest BCUT2D eigenvalue weighted by Crippen LogP contribution is -2.31. The Morgan fingerprint density at radius 2 is 1.35 bits per heavy atom. The predicted molar refractivity (Wildman–Crippen MR) is 176 cm³/mol. The van der Waals surface area contributed by atoms with Gasteiger partial charge in [-0.25, -0.2) is 0 Å². The van der Waals surface area contributed by atoms with Crippen LogP contribution in [0.5, 0.6) is 11.5 Å². The molecular weight excluding hydrogens is 532 g/mol. The molecule has 43 heavy (non-hydrogen) atoms. The van der Waals surface area contributed by atoms with E-state index in [2.05, 4.69) is 24.9 Å². The summed E-state index contributed by atoms with van der Waals surface area (Å²) in [4.78, 5) is 17.5. The highest BCUT2D eigenvalue weighted by atomic mass is 16.5. The Kier molecular flexibility index (Phi) is 16.2. The van der Waals surface area contributed by atoms with Crippen LogP contribution in [0.1, 0.15) is 142 Å². The molecule has 1 saturated carbocycles. The fraction of sp³-hybridized carbons (Fsp3) is 0.658. The number of pyridine rings is 1. The average molecular weight is 589 g/mol. The molecule has 5 nitrogen and oxygen atoms in total. The van der Waals surface area contributed by atoms with E-state index in [1.54, 1.807) is 6.20 Å². The second kappa shape index (κ2) is 20.2. The van der Waals surface area contributed by atoms with Crippen LogP contribution in [0, 0.1) is 22.7 Å². The molecule has 1 aliphatic rings. The minimum atomic E-state index is -0.261. The van der Waals surface area contributed by atoms with Gasteiger partial charge in [0.05, 0.1) is 35.9 Å². The van der Waals surface area contributed by atoms with E-state index in [9.17, 15) is 10.1 Å². The van der Waals surface area contributed by atoms with E-state index in [1.165, 1.54) is 83.5 Å². The second-order valence-corrected chi connectivity index (χ2v) is 12.7. The van der Waals surface area contributed by atoms with Crippen LogP contribution >= 0.6 is 0 Å². The zero-order valence-corrected chi connectivity index (χ0v) is 27.1. The summed E-state index contributed by atoms with van der Waals surface area (Å²) >= 11 is 0. The molecule has 0 amide bonds. The molecule has 0 aliphatic heterocycles. The summed E-state index contributed by atoms with van der Waals surface area (Å²) in [7, 11) is 0. The van der Waals surface area contributed by atoms with Gasteiger partial charge in [-0.1, -0.05) is 104 Å². The number of carbonyl (C=O) groups is 1. The van der Waals surface area contributed by atoms with Crippen molar-refractivity contribution in [2.24, 2.45) is 11.3 Å². The molecule has 3 rings (SSSR count). The standard InChI is InChI=1S/C38H56N2O3/c1-3-5-7-9-11-13-15-17-29-42-35-22-23-36(40-30-35)32-18-20-34(21-19-32)43-37(41)33-24-27-38(31-39,28-25-33)26-16-14-12-10-8-6-4-2/h18-23,30,33H,3-17,24-29H2,1-2H3. The molecular formula is C38H56N2O3. The largest absolute Gasteiger partial charge is 0.492 e. The predicted octanol–water partition coefficient (Wildman–Crippen LogP) is 11.0. The summed E-state index contributed by atoms with van der Waals surface area (Å²) in [6, 6.07) is 14.1. The molecule has 1 aromatic heterocycles. The topological polar surface area (TPSA) is 72.2 Å². The van der Waals surface area contributed by atoms with E-state index >= 15 is 0 Å². The van der Waals surface area contributed by atoms with Gasteiger partial charge in [-0.15, -0.1) is 0 Å². The third kappa shape index (κ3) is 12.7. The Bertz CT molecular complexity index is 1070. The molecule has 0 N–H and O–H groups in total. The lowest BCUT2D eigenvalue weighted by Gasteiger charge is -2.34. The van der Waals surface area contributed by atoms with Crippen molar-refractivity contribution < 1.29 is 14.3 Å². The molecule has 0 spiro atoms. The number of rotatable bonds is 21. The van der Waals surface area contributed by atoms with Crippen molar-refractivity contribution >= 4 is 5.97 Å². The minimum Gasteiger partial charge on any atom is -0.492 e. The zero-order chi connectivity index (χ0) is 30.6. The fourth-order valence-corrected chi connectivity index (χ4v) is 6.20. The van der Waals surface area contributed by atoms with Gasteiger partial charge in [0.1, 0.15) is 11.5 Å². The molecule has 1 aliphatic carbocycles. The lowest BCUT2D eigenvalue weighted by molar-refractivity contribution is -0.140. The maximum atomic E-state index is 12.9. The van der Waals surface area contributed by atoms with Crippen molar-refractivity contribution in [1.82, 2.24) is 4.98 Å². The van der Waals surface area contributed by atoms with Crippen LogP contribution in [-0.2, 0) is 4.79 Å². The number of carbonyl (C=O) groups excluding carboxylic acids is 1. The summed E-state index contributed by atoms with van der Waals surface area (Å²) in [5.74, 6) is 1.05. The number of nitriles is 1. The average Bonchev–Trinajstić information content (AvgIpc) is 3.04. The summed E-state index contributed by atoms with van der Waals surface area (Å²) in [5.41, 5.74) is 1.57. The first-order chi connectivity index (χ1) is 21.1. The van der Waals surface area contributed by atoms with Crippen molar-refractivity contribution in [3.8, 4) is 28.8 Å². The van der Waals surface area contributed by atoms with Gasteiger partial charge in [0, 0.05) is 5.56 Å². The van der Waals surface area contributed by atoms with Gasteiger partial charge in [0.2, 0.25) is 0 Å². The van der Waals surface area contributed by atoms with E-state index in [0.717, 1.165) is 68.6 Å². The molecule has 0 radical (unpaired) electrons. The highest BCUT2D eigenvalue weighted by molar-refractivity contribution is 5.75. The summed E-state index contributed by atoms with van der Waals surface area (Å²) in [5, 5.41) is 9.93. The first-order valence-electron chi connectivity index (χ1n) is 17.4. The zero-order valence-electron chi connectivity index (χ0n) is 27.1. The Morgan fingerprint density at radius 1 is 0.791 bits per heavy atom. The highest BCUT2D eigenvalue weighted by Crippen LogP contribution is 2.43. The first-order valence-corrected chi connectivity index (χ1v) is 17.4. The van der Waals surface area contributed by atoms with Crippen molar-refractivity contribution in [2.75, 3.05) is 6.61 Å². The molecule has 0 saturated heterocycles. The van der Waals surface area contributed by atoms with Gasteiger partial charge in [0.15, 0.2) is 0 Å². The summed E-state index contributed by atoms with van der Waals surface area (Å²) < 4.78 is 11.6. The molecule has 0 unspecified atom stereocenters. The lowest BCUT2D eigenvalue weighted by atomic mass is 9.69.